The first kappa shape index (κ1) is 21.5. The van der Waals surface area contributed by atoms with Gasteiger partial charge in [-0.2, -0.15) is 0 Å². The number of halogens is 2. The highest BCUT2D eigenvalue weighted by Crippen LogP contribution is 2.48. The first-order chi connectivity index (χ1) is 15.0. The van der Waals surface area contributed by atoms with Crippen LogP contribution in [0.4, 0.5) is 8.78 Å². The quantitative estimate of drug-likeness (QED) is 0.304. The lowest BCUT2D eigenvalue weighted by molar-refractivity contribution is 0.0728. The van der Waals surface area contributed by atoms with Crippen LogP contribution in [0, 0.1) is 29.4 Å². The van der Waals surface area contributed by atoms with Crippen molar-refractivity contribution in [3.8, 4) is 11.5 Å². The summed E-state index contributed by atoms with van der Waals surface area (Å²) in [6, 6.07) is 9.24. The number of esters is 1. The number of ether oxygens (including phenoxy) is 2. The van der Waals surface area contributed by atoms with Crippen LogP contribution in [0.1, 0.15) is 60.4 Å². The Hall–Kier alpha value is -2.69. The highest BCUT2D eigenvalue weighted by atomic mass is 19.2. The molecule has 0 radical (unpaired) electrons. The molecule has 0 N–H and O–H groups in total. The number of fused-ring (bicyclic) bond motifs is 1. The molecule has 4 atom stereocenters. The van der Waals surface area contributed by atoms with Crippen molar-refractivity contribution in [2.75, 3.05) is 7.11 Å². The topological polar surface area (TPSA) is 35.5 Å². The molecule has 3 nitrogen and oxygen atoms in total. The zero-order valence-electron chi connectivity index (χ0n) is 17.8. The highest BCUT2D eigenvalue weighted by Gasteiger charge is 2.36. The van der Waals surface area contributed by atoms with Crippen molar-refractivity contribution in [3.63, 3.8) is 0 Å². The van der Waals surface area contributed by atoms with Crippen LogP contribution in [0.2, 0.25) is 0 Å². The molecule has 2 aromatic carbocycles. The zero-order valence-corrected chi connectivity index (χ0v) is 17.8. The molecule has 2 fully saturated rings. The molecule has 2 saturated carbocycles. The van der Waals surface area contributed by atoms with Gasteiger partial charge in [0.05, 0.1) is 12.7 Å². The Balaban J connectivity index is 1.47. The number of hydrogen-bond donors (Lipinski definition) is 0. The fourth-order valence-electron chi connectivity index (χ4n) is 5.27. The number of methoxy groups -OCH3 is 1. The molecule has 2 aliphatic rings. The van der Waals surface area contributed by atoms with E-state index < -0.39 is 23.2 Å². The van der Waals surface area contributed by atoms with Gasteiger partial charge in [0.2, 0.25) is 0 Å². The van der Waals surface area contributed by atoms with Crippen LogP contribution in [0.3, 0.4) is 0 Å². The van der Waals surface area contributed by atoms with Gasteiger partial charge in [-0.1, -0.05) is 12.1 Å². The van der Waals surface area contributed by atoms with Crippen LogP contribution in [-0.2, 0) is 0 Å². The molecule has 164 valence electrons. The van der Waals surface area contributed by atoms with Gasteiger partial charge in [0.1, 0.15) is 11.5 Å². The molecular formula is C26H28F2O3. The van der Waals surface area contributed by atoms with E-state index in [1.54, 1.807) is 30.3 Å². The number of allylic oxidation sites excluding steroid dienone is 1. The Labute approximate surface area is 182 Å². The number of carbonyl (C=O) groups excluding carboxylic acids is 1. The molecule has 5 heteroatoms. The Morgan fingerprint density at radius 2 is 1.61 bits per heavy atom. The van der Waals surface area contributed by atoms with Crippen LogP contribution in [0.15, 0.2) is 49.1 Å². The predicted octanol–water partition coefficient (Wildman–Crippen LogP) is 6.68. The summed E-state index contributed by atoms with van der Waals surface area (Å²) in [5.74, 6) is -0.347. The molecule has 31 heavy (non-hydrogen) atoms. The lowest BCUT2D eigenvalue weighted by Crippen LogP contribution is -2.30. The first-order valence-corrected chi connectivity index (χ1v) is 11.0. The third-order valence-corrected chi connectivity index (χ3v) is 7.03. The van der Waals surface area contributed by atoms with Crippen molar-refractivity contribution < 1.29 is 23.0 Å². The van der Waals surface area contributed by atoms with Crippen molar-refractivity contribution in [2.45, 2.75) is 44.4 Å². The second-order valence-corrected chi connectivity index (χ2v) is 8.73. The normalized spacial score (nSPS) is 25.4. The third kappa shape index (κ3) is 4.51. The number of rotatable bonds is 5. The number of carbonyl (C=O) groups is 1. The van der Waals surface area contributed by atoms with E-state index in [2.05, 4.69) is 12.7 Å². The van der Waals surface area contributed by atoms with Crippen LogP contribution < -0.4 is 9.47 Å². The van der Waals surface area contributed by atoms with Crippen molar-refractivity contribution in [1.29, 1.82) is 0 Å². The van der Waals surface area contributed by atoms with E-state index in [9.17, 15) is 13.6 Å². The van der Waals surface area contributed by atoms with Crippen molar-refractivity contribution in [3.05, 3.63) is 71.8 Å². The average Bonchev–Trinajstić information content (AvgIpc) is 2.80. The van der Waals surface area contributed by atoms with E-state index in [0.29, 0.717) is 29.1 Å². The molecule has 0 aromatic heterocycles. The van der Waals surface area contributed by atoms with Gasteiger partial charge in [-0.05, 0) is 98.1 Å². The maximum absolute atomic E-state index is 15.0. The van der Waals surface area contributed by atoms with Crippen LogP contribution >= 0.6 is 0 Å². The molecule has 0 aliphatic heterocycles. The van der Waals surface area contributed by atoms with Crippen LogP contribution in [0.25, 0.3) is 0 Å². The molecule has 4 unspecified atom stereocenters. The summed E-state index contributed by atoms with van der Waals surface area (Å²) >= 11 is 0. The monoisotopic (exact) mass is 426 g/mol. The molecule has 0 heterocycles. The lowest BCUT2D eigenvalue weighted by Gasteiger charge is -2.41. The van der Waals surface area contributed by atoms with Crippen molar-refractivity contribution in [1.82, 2.24) is 0 Å². The number of hydrogen-bond acceptors (Lipinski definition) is 3. The molecule has 0 spiro atoms. The SMILES string of the molecule is C=CC1CCC2CC(c3ccc(C(=O)Oc4ccc(OC)cc4)c(F)c3F)CCC2C1. The smallest absolute Gasteiger partial charge is 0.346 e. The van der Waals surface area contributed by atoms with Crippen LogP contribution in [-0.4, -0.2) is 13.1 Å². The van der Waals surface area contributed by atoms with Gasteiger partial charge in [0, 0.05) is 0 Å². The molecule has 2 aromatic rings. The summed E-state index contributed by atoms with van der Waals surface area (Å²) in [4.78, 5) is 12.4. The van der Waals surface area contributed by atoms with E-state index in [0.717, 1.165) is 38.5 Å². The summed E-state index contributed by atoms with van der Waals surface area (Å²) in [7, 11) is 1.53. The summed E-state index contributed by atoms with van der Waals surface area (Å²) in [6.45, 7) is 3.93. The van der Waals surface area contributed by atoms with Crippen molar-refractivity contribution >= 4 is 5.97 Å². The largest absolute Gasteiger partial charge is 0.497 e. The summed E-state index contributed by atoms with van der Waals surface area (Å²) in [5.41, 5.74) is -0.0139. The van der Waals surface area contributed by atoms with E-state index in [1.165, 1.54) is 13.2 Å². The summed E-state index contributed by atoms with van der Waals surface area (Å²) < 4.78 is 40.0. The maximum Gasteiger partial charge on any atom is 0.346 e. The van der Waals surface area contributed by atoms with Gasteiger partial charge in [-0.15, -0.1) is 6.58 Å². The van der Waals surface area contributed by atoms with E-state index in [-0.39, 0.29) is 11.7 Å². The second-order valence-electron chi connectivity index (χ2n) is 8.73. The summed E-state index contributed by atoms with van der Waals surface area (Å²) in [6.07, 6.45) is 8.22. The second kappa shape index (κ2) is 9.21. The van der Waals surface area contributed by atoms with Crippen molar-refractivity contribution in [2.24, 2.45) is 17.8 Å². The van der Waals surface area contributed by atoms with E-state index in [1.807, 2.05) is 0 Å². The Morgan fingerprint density at radius 3 is 2.32 bits per heavy atom. The molecule has 0 amide bonds. The van der Waals surface area contributed by atoms with Gasteiger partial charge >= 0.3 is 5.97 Å². The predicted molar refractivity (Wildman–Crippen MR) is 115 cm³/mol. The molecule has 0 bridgehead atoms. The molecule has 0 saturated heterocycles. The first-order valence-electron chi connectivity index (χ1n) is 11.0. The zero-order chi connectivity index (χ0) is 22.0. The average molecular weight is 427 g/mol. The number of benzene rings is 2. The fourth-order valence-corrected chi connectivity index (χ4v) is 5.27. The summed E-state index contributed by atoms with van der Waals surface area (Å²) in [5, 5.41) is 0. The van der Waals surface area contributed by atoms with Gasteiger partial charge in [0.15, 0.2) is 11.6 Å². The Bertz CT molecular complexity index is 954. The van der Waals surface area contributed by atoms with E-state index in [4.69, 9.17) is 9.47 Å². The molecule has 4 rings (SSSR count). The third-order valence-electron chi connectivity index (χ3n) is 7.03. The lowest BCUT2D eigenvalue weighted by atomic mass is 9.64. The minimum absolute atomic E-state index is 0.0114. The van der Waals surface area contributed by atoms with E-state index >= 15 is 0 Å². The standard InChI is InChI=1S/C26H28F2O3/c1-3-16-4-5-18-15-19(7-6-17(18)14-16)22-12-13-23(25(28)24(22)27)26(29)31-21-10-8-20(30-2)9-11-21/h3,8-13,16-19H,1,4-7,14-15H2,2H3. The molecular weight excluding hydrogens is 398 g/mol. The Morgan fingerprint density at radius 1 is 0.935 bits per heavy atom. The maximum atomic E-state index is 15.0. The van der Waals surface area contributed by atoms with Gasteiger partial charge < -0.3 is 9.47 Å². The van der Waals surface area contributed by atoms with Crippen LogP contribution in [0.5, 0.6) is 11.5 Å². The minimum Gasteiger partial charge on any atom is -0.497 e. The van der Waals surface area contributed by atoms with Gasteiger partial charge in [0.25, 0.3) is 0 Å². The Kier molecular flexibility index (Phi) is 6.40. The highest BCUT2D eigenvalue weighted by molar-refractivity contribution is 5.91. The minimum atomic E-state index is -1.13. The van der Waals surface area contributed by atoms with Gasteiger partial charge in [-0.3, -0.25) is 0 Å². The van der Waals surface area contributed by atoms with Gasteiger partial charge in [-0.25, -0.2) is 13.6 Å². The molecule has 2 aliphatic carbocycles. The fraction of sp³-hybridized carbons (Fsp3) is 0.423.